The van der Waals surface area contributed by atoms with Gasteiger partial charge in [-0.1, -0.05) is 17.7 Å². The van der Waals surface area contributed by atoms with Crippen LogP contribution in [0.15, 0.2) is 11.6 Å². The van der Waals surface area contributed by atoms with Gasteiger partial charge in [-0.2, -0.15) is 0 Å². The number of halogens is 3. The van der Waals surface area contributed by atoms with Crippen LogP contribution in [-0.2, 0) is 0 Å². The van der Waals surface area contributed by atoms with Crippen LogP contribution in [0, 0.1) is 0 Å². The van der Waals surface area contributed by atoms with Crippen LogP contribution in [0.5, 0.6) is 0 Å². The number of nitrogens with one attached hydrogen (secondary N) is 1. The predicted molar refractivity (Wildman–Crippen MR) is 45.6 cm³/mol. The molecule has 1 atom stereocenters. The molecule has 1 N–H and O–H groups in total. The lowest BCUT2D eigenvalue weighted by Gasteiger charge is -2.19. The highest BCUT2D eigenvalue weighted by Gasteiger charge is 2.43. The zero-order valence-corrected chi connectivity index (χ0v) is 7.45. The van der Waals surface area contributed by atoms with Crippen LogP contribution in [0.1, 0.15) is 19.3 Å². The second-order valence-corrected chi connectivity index (χ2v) is 3.23. The Labute approximate surface area is 75.8 Å². The lowest BCUT2D eigenvalue weighted by molar-refractivity contribution is -0.0167. The Bertz CT molecular complexity index is 170. The monoisotopic (exact) mass is 195 g/mol. The summed E-state index contributed by atoms with van der Waals surface area (Å²) < 4.78 is 25.8. The molecule has 0 amide bonds. The molecule has 0 bridgehead atoms. The third kappa shape index (κ3) is 2.42. The van der Waals surface area contributed by atoms with Crippen molar-refractivity contribution in [2.45, 2.75) is 31.2 Å². The molecule has 70 valence electrons. The summed E-state index contributed by atoms with van der Waals surface area (Å²) in [5.74, 6) is -2.53. The Morgan fingerprint density at radius 1 is 1.58 bits per heavy atom. The third-order valence-electron chi connectivity index (χ3n) is 2.08. The summed E-state index contributed by atoms with van der Waals surface area (Å²) >= 11 is 5.25. The maximum atomic E-state index is 12.9. The van der Waals surface area contributed by atoms with E-state index in [-0.39, 0.29) is 6.42 Å². The molecule has 12 heavy (non-hydrogen) atoms. The number of alkyl halides is 2. The summed E-state index contributed by atoms with van der Waals surface area (Å²) in [5, 5.41) is 2.75. The van der Waals surface area contributed by atoms with Crippen molar-refractivity contribution in [1.82, 2.24) is 5.32 Å². The van der Waals surface area contributed by atoms with Gasteiger partial charge < -0.3 is 5.32 Å². The minimum atomic E-state index is -2.53. The van der Waals surface area contributed by atoms with E-state index in [4.69, 9.17) is 11.6 Å². The second-order valence-electron chi connectivity index (χ2n) is 2.98. The van der Waals surface area contributed by atoms with E-state index in [0.717, 1.165) is 0 Å². The van der Waals surface area contributed by atoms with Crippen molar-refractivity contribution in [1.29, 1.82) is 0 Å². The summed E-state index contributed by atoms with van der Waals surface area (Å²) in [6, 6.07) is -0.662. The van der Waals surface area contributed by atoms with Gasteiger partial charge in [0, 0.05) is 18.5 Å². The van der Waals surface area contributed by atoms with Gasteiger partial charge in [0.15, 0.2) is 0 Å². The van der Waals surface area contributed by atoms with E-state index < -0.39 is 12.0 Å². The number of hydrogen-bond donors (Lipinski definition) is 1. The Balaban J connectivity index is 2.31. The van der Waals surface area contributed by atoms with Crippen molar-refractivity contribution in [3.05, 3.63) is 11.6 Å². The largest absolute Gasteiger partial charge is 0.305 e. The topological polar surface area (TPSA) is 12.0 Å². The highest BCUT2D eigenvalue weighted by atomic mass is 35.5. The molecule has 1 aliphatic rings. The molecule has 0 radical (unpaired) electrons. The van der Waals surface area contributed by atoms with E-state index >= 15 is 0 Å². The lowest BCUT2D eigenvalue weighted by Crippen LogP contribution is -2.40. The summed E-state index contributed by atoms with van der Waals surface area (Å²) in [6.45, 7) is 0.420. The lowest BCUT2D eigenvalue weighted by atomic mass is 10.2. The van der Waals surface area contributed by atoms with Crippen LogP contribution in [0.4, 0.5) is 8.78 Å². The fraction of sp³-hybridized carbons (Fsp3) is 0.750. The highest BCUT2D eigenvalue weighted by Crippen LogP contribution is 2.34. The molecule has 0 aromatic carbocycles. The van der Waals surface area contributed by atoms with Gasteiger partial charge in [0.2, 0.25) is 0 Å². The first kappa shape index (κ1) is 9.93. The van der Waals surface area contributed by atoms with Crippen LogP contribution in [0.3, 0.4) is 0 Å². The van der Waals surface area contributed by atoms with Crippen molar-refractivity contribution in [3.8, 4) is 0 Å². The van der Waals surface area contributed by atoms with E-state index in [1.165, 1.54) is 5.54 Å². The second kappa shape index (κ2) is 4.19. The minimum Gasteiger partial charge on any atom is -0.305 e. The molecule has 1 aliphatic carbocycles. The van der Waals surface area contributed by atoms with Crippen LogP contribution >= 0.6 is 11.6 Å². The summed E-state index contributed by atoms with van der Waals surface area (Å²) in [5.41, 5.74) is 1.33. The molecule has 1 unspecified atom stereocenters. The van der Waals surface area contributed by atoms with Gasteiger partial charge in [0.1, 0.15) is 0 Å². The molecule has 0 aliphatic heterocycles. The molecule has 1 rings (SSSR count). The number of hydrogen-bond acceptors (Lipinski definition) is 1. The first-order valence-corrected chi connectivity index (χ1v) is 4.47. The highest BCUT2D eigenvalue weighted by molar-refractivity contribution is 6.25. The van der Waals surface area contributed by atoms with E-state index in [9.17, 15) is 8.78 Å². The third-order valence-corrected chi connectivity index (χ3v) is 2.26. The molecular weight excluding hydrogens is 184 g/mol. The predicted octanol–water partition coefficient (Wildman–Crippen LogP) is 2.52. The average molecular weight is 196 g/mol. The summed E-state index contributed by atoms with van der Waals surface area (Å²) in [4.78, 5) is 0. The average Bonchev–Trinajstić information content (AvgIpc) is 2.32. The van der Waals surface area contributed by atoms with E-state index in [0.29, 0.717) is 19.4 Å². The van der Waals surface area contributed by atoms with Gasteiger partial charge in [-0.25, -0.2) is 8.78 Å². The minimum absolute atomic E-state index is 0.00918. The van der Waals surface area contributed by atoms with Crippen LogP contribution < -0.4 is 5.32 Å². The van der Waals surface area contributed by atoms with Crippen LogP contribution in [-0.4, -0.2) is 18.5 Å². The molecule has 1 fully saturated rings. The Morgan fingerprint density at radius 2 is 2.33 bits per heavy atom. The molecule has 1 saturated carbocycles. The Morgan fingerprint density at radius 3 is 2.83 bits per heavy atom. The van der Waals surface area contributed by atoms with Crippen molar-refractivity contribution in [2.24, 2.45) is 0 Å². The van der Waals surface area contributed by atoms with E-state index in [2.05, 4.69) is 5.32 Å². The molecule has 1 nitrogen and oxygen atoms in total. The van der Waals surface area contributed by atoms with Gasteiger partial charge in [-0.05, 0) is 12.8 Å². The molecule has 0 aromatic heterocycles. The zero-order valence-electron chi connectivity index (χ0n) is 6.69. The van der Waals surface area contributed by atoms with Crippen LogP contribution in [0.25, 0.3) is 0 Å². The van der Waals surface area contributed by atoms with Crippen molar-refractivity contribution < 1.29 is 8.78 Å². The summed E-state index contributed by atoms with van der Waals surface area (Å²) in [6.07, 6.45) is 2.80. The molecular formula is C8H12ClF2N. The fourth-order valence-electron chi connectivity index (χ4n) is 1.43. The molecule has 4 heteroatoms. The van der Waals surface area contributed by atoms with E-state index in [1.807, 2.05) is 0 Å². The maximum absolute atomic E-state index is 12.9. The first-order valence-electron chi connectivity index (χ1n) is 4.03. The Hall–Kier alpha value is -0.150. The first-order chi connectivity index (χ1) is 5.67. The normalized spacial score (nSPS) is 28.4. The van der Waals surface area contributed by atoms with Crippen molar-refractivity contribution in [3.63, 3.8) is 0 Å². The quantitative estimate of drug-likeness (QED) is 0.730. The van der Waals surface area contributed by atoms with Gasteiger partial charge in [-0.3, -0.25) is 0 Å². The molecule has 0 spiro atoms. The zero-order chi connectivity index (χ0) is 9.03. The standard InChI is InChI=1S/C8H12ClF2N/c9-5-2-6-12-7-3-1-4-8(7,10)11/h2,5,7,12H,1,3-4,6H2/b5-2+. The van der Waals surface area contributed by atoms with Crippen LogP contribution in [0.2, 0.25) is 0 Å². The van der Waals surface area contributed by atoms with Gasteiger partial charge in [0.05, 0.1) is 6.04 Å². The molecule has 0 aromatic rings. The maximum Gasteiger partial charge on any atom is 0.263 e. The Kier molecular flexibility index (Phi) is 3.47. The number of rotatable bonds is 3. The molecule has 0 heterocycles. The van der Waals surface area contributed by atoms with Crippen molar-refractivity contribution >= 4 is 11.6 Å². The summed E-state index contributed by atoms with van der Waals surface area (Å²) in [7, 11) is 0. The fourth-order valence-corrected chi connectivity index (χ4v) is 1.52. The molecule has 0 saturated heterocycles. The SMILES string of the molecule is FC1(F)CCCC1NC/C=C/Cl. The van der Waals surface area contributed by atoms with Gasteiger partial charge in [-0.15, -0.1) is 0 Å². The van der Waals surface area contributed by atoms with Crippen molar-refractivity contribution in [2.75, 3.05) is 6.54 Å². The van der Waals surface area contributed by atoms with E-state index in [1.54, 1.807) is 6.08 Å². The van der Waals surface area contributed by atoms with Gasteiger partial charge in [0.25, 0.3) is 5.92 Å². The van der Waals surface area contributed by atoms with Gasteiger partial charge >= 0.3 is 0 Å². The smallest absolute Gasteiger partial charge is 0.263 e.